The molecule has 5 heteroatoms. The predicted molar refractivity (Wildman–Crippen MR) is 92.9 cm³/mol. The number of hydrogen-bond donors (Lipinski definition) is 0. The van der Waals surface area contributed by atoms with Crippen LogP contribution in [-0.2, 0) is 0 Å². The van der Waals surface area contributed by atoms with Crippen molar-refractivity contribution in [2.24, 2.45) is 0 Å². The van der Waals surface area contributed by atoms with E-state index < -0.39 is 0 Å². The van der Waals surface area contributed by atoms with E-state index in [1.165, 1.54) is 19.2 Å². The van der Waals surface area contributed by atoms with Gasteiger partial charge in [-0.15, -0.1) is 0 Å². The summed E-state index contributed by atoms with van der Waals surface area (Å²) in [5.74, 6) is 0.533. The molecule has 0 aliphatic heterocycles. The van der Waals surface area contributed by atoms with Crippen LogP contribution in [0.25, 0.3) is 22.4 Å². The fourth-order valence-corrected chi connectivity index (χ4v) is 2.63. The molecule has 124 valence electrons. The Morgan fingerprint density at radius 1 is 0.960 bits per heavy atom. The SMILES string of the molecule is COc1ccccc1-c1cc(-c2ccc(F)cc2)c(C#N)c(OC)n1. The van der Waals surface area contributed by atoms with E-state index in [1.54, 1.807) is 25.3 Å². The van der Waals surface area contributed by atoms with Crippen molar-refractivity contribution in [2.75, 3.05) is 14.2 Å². The second kappa shape index (κ2) is 7.02. The lowest BCUT2D eigenvalue weighted by atomic mass is 9.98. The van der Waals surface area contributed by atoms with E-state index in [2.05, 4.69) is 11.1 Å². The number of nitrogens with zero attached hydrogens (tertiary/aromatic N) is 2. The van der Waals surface area contributed by atoms with E-state index in [0.29, 0.717) is 28.1 Å². The second-order valence-electron chi connectivity index (χ2n) is 5.26. The first-order valence-electron chi connectivity index (χ1n) is 7.56. The molecule has 0 N–H and O–H groups in total. The first-order chi connectivity index (χ1) is 12.2. The molecule has 3 aromatic rings. The van der Waals surface area contributed by atoms with E-state index in [9.17, 15) is 9.65 Å². The zero-order valence-electron chi connectivity index (χ0n) is 13.8. The van der Waals surface area contributed by atoms with Crippen LogP contribution >= 0.6 is 0 Å². The normalized spacial score (nSPS) is 10.2. The third kappa shape index (κ3) is 3.15. The Morgan fingerprint density at radius 3 is 2.32 bits per heavy atom. The Balaban J connectivity index is 2.27. The number of hydrogen-bond acceptors (Lipinski definition) is 4. The Hall–Kier alpha value is -3.39. The number of rotatable bonds is 4. The highest BCUT2D eigenvalue weighted by atomic mass is 19.1. The third-order valence-electron chi connectivity index (χ3n) is 3.83. The van der Waals surface area contributed by atoms with Crippen molar-refractivity contribution in [3.05, 3.63) is 66.0 Å². The summed E-state index contributed by atoms with van der Waals surface area (Å²) >= 11 is 0. The zero-order chi connectivity index (χ0) is 17.8. The van der Waals surface area contributed by atoms with Gasteiger partial charge in [-0.05, 0) is 35.9 Å². The summed E-state index contributed by atoms with van der Waals surface area (Å²) in [6.45, 7) is 0. The Morgan fingerprint density at radius 2 is 1.68 bits per heavy atom. The smallest absolute Gasteiger partial charge is 0.232 e. The molecule has 0 saturated heterocycles. The lowest BCUT2D eigenvalue weighted by Crippen LogP contribution is -1.98. The fourth-order valence-electron chi connectivity index (χ4n) is 2.63. The highest BCUT2D eigenvalue weighted by Gasteiger charge is 2.17. The van der Waals surface area contributed by atoms with Gasteiger partial charge in [0.2, 0.25) is 5.88 Å². The maximum absolute atomic E-state index is 13.3. The molecule has 0 fully saturated rings. The van der Waals surface area contributed by atoms with E-state index in [-0.39, 0.29) is 11.7 Å². The monoisotopic (exact) mass is 334 g/mol. The molecule has 0 saturated carbocycles. The molecule has 0 amide bonds. The van der Waals surface area contributed by atoms with Crippen molar-refractivity contribution < 1.29 is 13.9 Å². The van der Waals surface area contributed by atoms with Gasteiger partial charge >= 0.3 is 0 Å². The molecule has 3 rings (SSSR count). The number of aromatic nitrogens is 1. The minimum atomic E-state index is -0.340. The molecule has 25 heavy (non-hydrogen) atoms. The number of para-hydroxylation sites is 1. The number of benzene rings is 2. The topological polar surface area (TPSA) is 55.1 Å². The molecule has 0 radical (unpaired) electrons. The number of nitriles is 1. The van der Waals surface area contributed by atoms with Gasteiger partial charge in [0.1, 0.15) is 23.2 Å². The molecule has 0 atom stereocenters. The zero-order valence-corrected chi connectivity index (χ0v) is 13.8. The predicted octanol–water partition coefficient (Wildman–Crippen LogP) is 4.44. The van der Waals surface area contributed by atoms with E-state index >= 15 is 0 Å². The van der Waals surface area contributed by atoms with Crippen LogP contribution < -0.4 is 9.47 Å². The lowest BCUT2D eigenvalue weighted by molar-refractivity contribution is 0.397. The summed E-state index contributed by atoms with van der Waals surface area (Å²) in [6, 6.07) is 17.3. The number of pyridine rings is 1. The largest absolute Gasteiger partial charge is 0.496 e. The van der Waals surface area contributed by atoms with Gasteiger partial charge in [-0.3, -0.25) is 0 Å². The van der Waals surface area contributed by atoms with Gasteiger partial charge in [-0.2, -0.15) is 5.26 Å². The molecule has 0 unspecified atom stereocenters. The average molecular weight is 334 g/mol. The minimum Gasteiger partial charge on any atom is -0.496 e. The molecule has 0 spiro atoms. The Labute approximate surface area is 145 Å². The van der Waals surface area contributed by atoms with Gasteiger partial charge in [0.05, 0.1) is 19.9 Å². The summed E-state index contributed by atoms with van der Waals surface area (Å²) in [7, 11) is 3.05. The van der Waals surface area contributed by atoms with Crippen LogP contribution in [0.3, 0.4) is 0 Å². The van der Waals surface area contributed by atoms with Gasteiger partial charge in [-0.25, -0.2) is 9.37 Å². The van der Waals surface area contributed by atoms with Gasteiger partial charge in [0.15, 0.2) is 0 Å². The van der Waals surface area contributed by atoms with Crippen LogP contribution in [0.2, 0.25) is 0 Å². The highest BCUT2D eigenvalue weighted by molar-refractivity contribution is 5.79. The molecule has 0 aliphatic rings. The molecule has 1 heterocycles. The van der Waals surface area contributed by atoms with Crippen molar-refractivity contribution in [2.45, 2.75) is 0 Å². The van der Waals surface area contributed by atoms with Crippen LogP contribution in [-0.4, -0.2) is 19.2 Å². The summed E-state index contributed by atoms with van der Waals surface area (Å²) in [5.41, 5.74) is 3.00. The van der Waals surface area contributed by atoms with Crippen LogP contribution in [0.5, 0.6) is 11.6 Å². The number of methoxy groups -OCH3 is 2. The summed E-state index contributed by atoms with van der Waals surface area (Å²) in [6.07, 6.45) is 0. The van der Waals surface area contributed by atoms with Crippen molar-refractivity contribution in [3.8, 4) is 40.1 Å². The molecular formula is C20H15FN2O2. The van der Waals surface area contributed by atoms with Crippen LogP contribution in [0.4, 0.5) is 4.39 Å². The van der Waals surface area contributed by atoms with E-state index in [4.69, 9.17) is 9.47 Å². The maximum Gasteiger partial charge on any atom is 0.232 e. The van der Waals surface area contributed by atoms with E-state index in [0.717, 1.165) is 5.56 Å². The first-order valence-corrected chi connectivity index (χ1v) is 7.56. The van der Waals surface area contributed by atoms with Crippen LogP contribution in [0.1, 0.15) is 5.56 Å². The number of halogens is 1. The quantitative estimate of drug-likeness (QED) is 0.707. The average Bonchev–Trinajstić information content (AvgIpc) is 2.67. The summed E-state index contributed by atoms with van der Waals surface area (Å²) < 4.78 is 24.0. The van der Waals surface area contributed by atoms with Gasteiger partial charge in [0.25, 0.3) is 0 Å². The highest BCUT2D eigenvalue weighted by Crippen LogP contribution is 2.36. The fraction of sp³-hybridized carbons (Fsp3) is 0.100. The minimum absolute atomic E-state index is 0.213. The van der Waals surface area contributed by atoms with E-state index in [1.807, 2.05) is 24.3 Å². The van der Waals surface area contributed by atoms with Crippen LogP contribution in [0.15, 0.2) is 54.6 Å². The third-order valence-corrected chi connectivity index (χ3v) is 3.83. The maximum atomic E-state index is 13.3. The number of ether oxygens (including phenoxy) is 2. The summed E-state index contributed by atoms with van der Waals surface area (Å²) in [5, 5.41) is 9.54. The Kier molecular flexibility index (Phi) is 4.62. The van der Waals surface area contributed by atoms with Crippen molar-refractivity contribution in [1.82, 2.24) is 4.98 Å². The summed E-state index contributed by atoms with van der Waals surface area (Å²) in [4.78, 5) is 4.45. The van der Waals surface area contributed by atoms with Gasteiger partial charge in [-0.1, -0.05) is 24.3 Å². The lowest BCUT2D eigenvalue weighted by Gasteiger charge is -2.13. The molecule has 4 nitrogen and oxygen atoms in total. The molecule has 1 aromatic heterocycles. The van der Waals surface area contributed by atoms with Crippen molar-refractivity contribution in [1.29, 1.82) is 5.26 Å². The van der Waals surface area contributed by atoms with Crippen molar-refractivity contribution in [3.63, 3.8) is 0 Å². The molecular weight excluding hydrogens is 319 g/mol. The van der Waals surface area contributed by atoms with Crippen LogP contribution in [0, 0.1) is 17.1 Å². The molecule has 0 aliphatic carbocycles. The first kappa shape index (κ1) is 16.5. The molecule has 0 bridgehead atoms. The van der Waals surface area contributed by atoms with Crippen molar-refractivity contribution >= 4 is 0 Å². The standard InChI is InChI=1S/C20H15FN2O2/c1-24-19-6-4-3-5-15(19)18-11-16(13-7-9-14(21)10-8-13)17(12-22)20(23-18)25-2/h3-11H,1-2H3. The molecule has 2 aromatic carbocycles. The van der Waals surface area contributed by atoms with Gasteiger partial charge in [0, 0.05) is 11.1 Å². The Bertz CT molecular complexity index is 947. The second-order valence-corrected chi connectivity index (χ2v) is 5.26. The van der Waals surface area contributed by atoms with Gasteiger partial charge < -0.3 is 9.47 Å².